The highest BCUT2D eigenvalue weighted by Gasteiger charge is 2.06. The lowest BCUT2D eigenvalue weighted by Gasteiger charge is -2.07. The summed E-state index contributed by atoms with van der Waals surface area (Å²) in [5.74, 6) is 0. The monoisotopic (exact) mass is 280 g/mol. The molecule has 0 amide bonds. The van der Waals surface area contributed by atoms with Crippen LogP contribution in [0.3, 0.4) is 0 Å². The average molecular weight is 280 g/mol. The van der Waals surface area contributed by atoms with E-state index in [1.54, 1.807) is 0 Å². The summed E-state index contributed by atoms with van der Waals surface area (Å²) in [6.07, 6.45) is 1.91. The Kier molecular flexibility index (Phi) is 6.66. The maximum absolute atomic E-state index is 12.2. The van der Waals surface area contributed by atoms with E-state index in [-0.39, 0.29) is 5.48 Å². The van der Waals surface area contributed by atoms with Gasteiger partial charge in [0.05, 0.1) is 4.90 Å². The molecule has 0 bridgehead atoms. The van der Waals surface area contributed by atoms with E-state index in [0.717, 1.165) is 35.1 Å². The van der Waals surface area contributed by atoms with Crippen LogP contribution in [-0.4, -0.2) is 22.8 Å². The molecule has 0 spiro atoms. The highest BCUT2D eigenvalue weighted by atomic mass is 32.2. The third-order valence-electron chi connectivity index (χ3n) is 2.81. The van der Waals surface area contributed by atoms with E-state index in [1.807, 2.05) is 42.5 Å². The van der Waals surface area contributed by atoms with Crippen molar-refractivity contribution in [3.63, 3.8) is 0 Å². The van der Waals surface area contributed by atoms with Gasteiger partial charge in [0.2, 0.25) is 0 Å². The second-order valence-corrected chi connectivity index (χ2v) is 5.40. The van der Waals surface area contributed by atoms with Crippen molar-refractivity contribution in [2.75, 3.05) is 13.1 Å². The van der Waals surface area contributed by atoms with Crippen molar-refractivity contribution in [1.82, 2.24) is 4.72 Å². The fourth-order valence-corrected chi connectivity index (χ4v) is 2.94. The van der Waals surface area contributed by atoms with Gasteiger partial charge in [0.25, 0.3) is 0 Å². The van der Waals surface area contributed by atoms with Crippen LogP contribution in [0.15, 0.2) is 47.4 Å². The molecule has 0 aliphatic rings. The summed E-state index contributed by atoms with van der Waals surface area (Å²) in [6.45, 7) is 1.41. The van der Waals surface area contributed by atoms with E-state index in [0.29, 0.717) is 6.54 Å². The molecule has 5 heteroatoms. The standard InChI is InChI=1S/C14H18N2OS.H2O/c15-10-3-4-11-16-18(17)14-9-5-7-12-6-1-2-8-13(12)14;/h1-2,5-9,16H,3-4,10-11,15H2;1H2. The minimum Gasteiger partial charge on any atom is -0.412 e. The molecule has 0 heterocycles. The predicted molar refractivity (Wildman–Crippen MR) is 80.3 cm³/mol. The number of benzene rings is 2. The molecule has 104 valence electrons. The summed E-state index contributed by atoms with van der Waals surface area (Å²) < 4.78 is 15.2. The highest BCUT2D eigenvalue weighted by molar-refractivity contribution is 7.83. The van der Waals surface area contributed by atoms with Gasteiger partial charge in [0, 0.05) is 6.54 Å². The SMILES string of the molecule is NCCCCNS(=O)c1cccc2ccccc12.O. The predicted octanol–water partition coefficient (Wildman–Crippen LogP) is 1.37. The summed E-state index contributed by atoms with van der Waals surface area (Å²) in [5.41, 5.74) is 5.43. The van der Waals surface area contributed by atoms with E-state index in [1.165, 1.54) is 0 Å². The van der Waals surface area contributed by atoms with Crippen LogP contribution in [0.1, 0.15) is 12.8 Å². The van der Waals surface area contributed by atoms with E-state index in [2.05, 4.69) is 4.72 Å². The Balaban J connectivity index is 0.00000180. The zero-order valence-corrected chi connectivity index (χ0v) is 11.6. The van der Waals surface area contributed by atoms with Gasteiger partial charge >= 0.3 is 0 Å². The van der Waals surface area contributed by atoms with Crippen molar-refractivity contribution in [3.8, 4) is 0 Å². The molecule has 0 saturated carbocycles. The van der Waals surface area contributed by atoms with Gasteiger partial charge in [0.1, 0.15) is 11.0 Å². The lowest BCUT2D eigenvalue weighted by Crippen LogP contribution is -2.19. The first-order valence-corrected chi connectivity index (χ1v) is 7.31. The normalized spacial score (nSPS) is 12.1. The number of unbranched alkanes of at least 4 members (excludes halogenated alkanes) is 1. The molecule has 1 atom stereocenters. The minimum atomic E-state index is -1.15. The first-order valence-electron chi connectivity index (χ1n) is 6.16. The van der Waals surface area contributed by atoms with Crippen LogP contribution >= 0.6 is 0 Å². The number of rotatable bonds is 6. The van der Waals surface area contributed by atoms with Gasteiger partial charge in [0.15, 0.2) is 0 Å². The van der Waals surface area contributed by atoms with Crippen molar-refractivity contribution < 1.29 is 9.69 Å². The van der Waals surface area contributed by atoms with Gasteiger partial charge in [-0.1, -0.05) is 36.4 Å². The molecule has 2 aromatic carbocycles. The Bertz CT molecular complexity index is 540. The molecule has 5 N–H and O–H groups in total. The molecule has 1 unspecified atom stereocenters. The van der Waals surface area contributed by atoms with E-state index in [9.17, 15) is 4.21 Å². The zero-order valence-electron chi connectivity index (χ0n) is 10.8. The smallest absolute Gasteiger partial charge is 0.125 e. The van der Waals surface area contributed by atoms with Gasteiger partial charge in [-0.15, -0.1) is 0 Å². The lowest BCUT2D eigenvalue weighted by molar-refractivity contribution is 0.662. The van der Waals surface area contributed by atoms with Crippen LogP contribution in [-0.2, 0) is 11.0 Å². The largest absolute Gasteiger partial charge is 0.412 e. The number of fused-ring (bicyclic) bond motifs is 1. The third-order valence-corrected chi connectivity index (χ3v) is 4.04. The minimum absolute atomic E-state index is 0. The maximum atomic E-state index is 12.2. The fraction of sp³-hybridized carbons (Fsp3) is 0.286. The van der Waals surface area contributed by atoms with Crippen LogP contribution in [0.2, 0.25) is 0 Å². The summed E-state index contributed by atoms with van der Waals surface area (Å²) in [6, 6.07) is 13.9. The van der Waals surface area contributed by atoms with Crippen LogP contribution in [0.5, 0.6) is 0 Å². The van der Waals surface area contributed by atoms with Gasteiger partial charge < -0.3 is 11.2 Å². The van der Waals surface area contributed by atoms with Crippen LogP contribution in [0.25, 0.3) is 10.8 Å². The highest BCUT2D eigenvalue weighted by Crippen LogP contribution is 2.20. The lowest BCUT2D eigenvalue weighted by atomic mass is 10.1. The Morgan fingerprint density at radius 2 is 1.79 bits per heavy atom. The number of hydrogen-bond acceptors (Lipinski definition) is 2. The molecule has 0 saturated heterocycles. The Morgan fingerprint density at radius 1 is 1.05 bits per heavy atom. The van der Waals surface area contributed by atoms with E-state index in [4.69, 9.17) is 5.73 Å². The third kappa shape index (κ3) is 4.11. The first-order chi connectivity index (χ1) is 8.83. The summed E-state index contributed by atoms with van der Waals surface area (Å²) in [4.78, 5) is 0.848. The van der Waals surface area contributed by atoms with E-state index >= 15 is 0 Å². The van der Waals surface area contributed by atoms with Gasteiger partial charge in [-0.05, 0) is 36.2 Å². The summed E-state index contributed by atoms with van der Waals surface area (Å²) in [7, 11) is -1.15. The van der Waals surface area contributed by atoms with Gasteiger partial charge in [-0.3, -0.25) is 0 Å². The topological polar surface area (TPSA) is 86.6 Å². The quantitative estimate of drug-likeness (QED) is 0.783. The number of nitrogens with two attached hydrogens (primary N) is 1. The van der Waals surface area contributed by atoms with Crippen LogP contribution in [0.4, 0.5) is 0 Å². The van der Waals surface area contributed by atoms with E-state index < -0.39 is 11.0 Å². The zero-order chi connectivity index (χ0) is 12.8. The maximum Gasteiger partial charge on any atom is 0.125 e. The summed E-state index contributed by atoms with van der Waals surface area (Å²) >= 11 is 0. The molecular weight excluding hydrogens is 260 g/mol. The Labute approximate surface area is 115 Å². The second-order valence-electron chi connectivity index (χ2n) is 4.14. The molecule has 19 heavy (non-hydrogen) atoms. The number of hydrogen-bond donors (Lipinski definition) is 2. The van der Waals surface area contributed by atoms with Crippen molar-refractivity contribution in [2.45, 2.75) is 17.7 Å². The van der Waals surface area contributed by atoms with Crippen LogP contribution in [0, 0.1) is 0 Å². The molecule has 0 aliphatic carbocycles. The van der Waals surface area contributed by atoms with Gasteiger partial charge in [-0.2, -0.15) is 0 Å². The number of nitrogens with one attached hydrogen (secondary N) is 1. The van der Waals surface area contributed by atoms with Crippen LogP contribution < -0.4 is 10.5 Å². The average Bonchev–Trinajstić information content (AvgIpc) is 2.43. The molecule has 0 aliphatic heterocycles. The van der Waals surface area contributed by atoms with Crippen molar-refractivity contribution in [3.05, 3.63) is 42.5 Å². The molecule has 2 aromatic rings. The molecule has 0 fully saturated rings. The van der Waals surface area contributed by atoms with Crippen molar-refractivity contribution >= 4 is 21.8 Å². The van der Waals surface area contributed by atoms with Crippen molar-refractivity contribution in [2.24, 2.45) is 5.73 Å². The fourth-order valence-electron chi connectivity index (χ4n) is 1.87. The molecule has 0 radical (unpaired) electrons. The molecule has 2 rings (SSSR count). The molecule has 4 nitrogen and oxygen atoms in total. The Hall–Kier alpha value is -1.27. The molecule has 0 aromatic heterocycles. The first kappa shape index (κ1) is 15.8. The second kappa shape index (κ2) is 8.01. The summed E-state index contributed by atoms with van der Waals surface area (Å²) in [5, 5.41) is 2.16. The van der Waals surface area contributed by atoms with Gasteiger partial charge in [-0.25, -0.2) is 8.93 Å². The molecular formula is C14H20N2O2S. The van der Waals surface area contributed by atoms with Crippen molar-refractivity contribution in [1.29, 1.82) is 0 Å². The Morgan fingerprint density at radius 3 is 2.58 bits per heavy atom.